The molecule has 0 bridgehead atoms. The molecule has 2 aliphatic rings. The summed E-state index contributed by atoms with van der Waals surface area (Å²) < 4.78 is 1.90. The zero-order valence-electron chi connectivity index (χ0n) is 15.9. The van der Waals surface area contributed by atoms with Gasteiger partial charge >= 0.3 is 0 Å². The Bertz CT molecular complexity index is 840. The highest BCUT2D eigenvalue weighted by atomic mass is 35.5. The summed E-state index contributed by atoms with van der Waals surface area (Å²) in [5.74, 6) is -0.0718. The maximum absolute atomic E-state index is 13.2. The monoisotopic (exact) mass is 399 g/mol. The van der Waals surface area contributed by atoms with Crippen LogP contribution in [0, 0.1) is 0 Å². The Morgan fingerprint density at radius 3 is 2.61 bits per heavy atom. The Morgan fingerprint density at radius 1 is 1.11 bits per heavy atom. The minimum absolute atomic E-state index is 0.0125. The van der Waals surface area contributed by atoms with Gasteiger partial charge < -0.3 is 14.8 Å². The lowest BCUT2D eigenvalue weighted by Gasteiger charge is -2.37. The highest BCUT2D eigenvalue weighted by molar-refractivity contribution is 6.30. The maximum atomic E-state index is 13.2. The summed E-state index contributed by atoms with van der Waals surface area (Å²) in [7, 11) is 0. The quantitative estimate of drug-likeness (QED) is 0.833. The molecule has 6 heteroatoms. The number of amides is 2. The van der Waals surface area contributed by atoms with Crippen LogP contribution in [-0.4, -0.2) is 33.9 Å². The maximum Gasteiger partial charge on any atom is 0.249 e. The smallest absolute Gasteiger partial charge is 0.249 e. The van der Waals surface area contributed by atoms with Gasteiger partial charge in [-0.2, -0.15) is 0 Å². The predicted molar refractivity (Wildman–Crippen MR) is 109 cm³/mol. The van der Waals surface area contributed by atoms with Crippen LogP contribution in [-0.2, 0) is 22.6 Å². The van der Waals surface area contributed by atoms with E-state index in [1.165, 1.54) is 6.42 Å². The van der Waals surface area contributed by atoms with Gasteiger partial charge in [-0.05, 0) is 49.1 Å². The number of nitrogens with one attached hydrogen (secondary N) is 1. The highest BCUT2D eigenvalue weighted by Crippen LogP contribution is 2.28. The number of carbonyl (C=O) groups is 2. The molecule has 1 N–H and O–H groups in total. The molecule has 28 heavy (non-hydrogen) atoms. The van der Waals surface area contributed by atoms with Crippen LogP contribution < -0.4 is 5.32 Å². The molecule has 2 heterocycles. The summed E-state index contributed by atoms with van der Waals surface area (Å²) in [6, 6.07) is 11.2. The highest BCUT2D eigenvalue weighted by Gasteiger charge is 2.37. The SMILES string of the molecule is O=C(NC1CCCCC1)C1c2cccn2CC(=O)N1CCc1ccc(Cl)cc1. The molecule has 1 unspecified atom stereocenters. The summed E-state index contributed by atoms with van der Waals surface area (Å²) in [5, 5.41) is 3.91. The number of aromatic nitrogens is 1. The summed E-state index contributed by atoms with van der Waals surface area (Å²) in [4.78, 5) is 27.8. The van der Waals surface area contributed by atoms with Crippen LogP contribution in [0.1, 0.15) is 49.4 Å². The van der Waals surface area contributed by atoms with Gasteiger partial charge in [-0.3, -0.25) is 9.59 Å². The van der Waals surface area contributed by atoms with Crippen LogP contribution in [0.25, 0.3) is 0 Å². The van der Waals surface area contributed by atoms with Crippen LogP contribution in [0.2, 0.25) is 5.02 Å². The summed E-state index contributed by atoms with van der Waals surface area (Å²) in [6.45, 7) is 0.796. The second kappa shape index (κ2) is 8.39. The van der Waals surface area contributed by atoms with Crippen molar-refractivity contribution in [1.82, 2.24) is 14.8 Å². The van der Waals surface area contributed by atoms with Gasteiger partial charge in [-0.1, -0.05) is 43.0 Å². The lowest BCUT2D eigenvalue weighted by molar-refractivity contribution is -0.144. The number of hydrogen-bond donors (Lipinski definition) is 1. The molecule has 2 aromatic rings. The van der Waals surface area contributed by atoms with Gasteiger partial charge in [0, 0.05) is 23.8 Å². The Morgan fingerprint density at radius 2 is 1.86 bits per heavy atom. The molecule has 5 nitrogen and oxygen atoms in total. The number of rotatable bonds is 5. The van der Waals surface area contributed by atoms with E-state index >= 15 is 0 Å². The lowest BCUT2D eigenvalue weighted by atomic mass is 9.95. The van der Waals surface area contributed by atoms with Crippen molar-refractivity contribution in [2.75, 3.05) is 6.54 Å². The molecular formula is C22H26ClN3O2. The van der Waals surface area contributed by atoms with Crippen LogP contribution in [0.4, 0.5) is 0 Å². The third-order valence-corrected chi connectivity index (χ3v) is 6.09. The molecule has 1 aliphatic heterocycles. The molecule has 1 aromatic carbocycles. The number of carbonyl (C=O) groups excluding carboxylic acids is 2. The Hall–Kier alpha value is -2.27. The first-order valence-corrected chi connectivity index (χ1v) is 10.5. The number of fused-ring (bicyclic) bond motifs is 1. The van der Waals surface area contributed by atoms with E-state index in [0.717, 1.165) is 36.9 Å². The molecule has 0 spiro atoms. The first-order chi connectivity index (χ1) is 13.6. The molecule has 1 saturated carbocycles. The second-order valence-corrected chi connectivity index (χ2v) is 8.21. The third-order valence-electron chi connectivity index (χ3n) is 5.84. The Labute approximate surface area is 170 Å². The van der Waals surface area contributed by atoms with Gasteiger partial charge in [0.05, 0.1) is 5.69 Å². The van der Waals surface area contributed by atoms with E-state index in [1.807, 2.05) is 47.2 Å². The summed E-state index contributed by atoms with van der Waals surface area (Å²) in [6.07, 6.45) is 8.18. The predicted octanol–water partition coefficient (Wildman–Crippen LogP) is 3.72. The van der Waals surface area contributed by atoms with E-state index in [9.17, 15) is 9.59 Å². The minimum atomic E-state index is -0.564. The molecule has 1 aliphatic carbocycles. The van der Waals surface area contributed by atoms with Crippen molar-refractivity contribution in [2.24, 2.45) is 0 Å². The van der Waals surface area contributed by atoms with Gasteiger partial charge in [-0.15, -0.1) is 0 Å². The Balaban J connectivity index is 1.52. The largest absolute Gasteiger partial charge is 0.351 e. The molecular weight excluding hydrogens is 374 g/mol. The zero-order chi connectivity index (χ0) is 19.5. The van der Waals surface area contributed by atoms with Crippen molar-refractivity contribution in [3.8, 4) is 0 Å². The molecule has 148 valence electrons. The van der Waals surface area contributed by atoms with Gasteiger partial charge in [0.1, 0.15) is 6.54 Å². The minimum Gasteiger partial charge on any atom is -0.351 e. The van der Waals surface area contributed by atoms with Crippen molar-refractivity contribution in [3.05, 3.63) is 58.9 Å². The fraction of sp³-hybridized carbons (Fsp3) is 0.455. The fourth-order valence-corrected chi connectivity index (χ4v) is 4.44. The van der Waals surface area contributed by atoms with Gasteiger partial charge in [0.2, 0.25) is 11.8 Å². The average molecular weight is 400 g/mol. The van der Waals surface area contributed by atoms with Crippen LogP contribution in [0.3, 0.4) is 0 Å². The van der Waals surface area contributed by atoms with Gasteiger partial charge in [0.15, 0.2) is 6.04 Å². The van der Waals surface area contributed by atoms with E-state index in [2.05, 4.69) is 5.32 Å². The van der Waals surface area contributed by atoms with E-state index in [1.54, 1.807) is 4.90 Å². The zero-order valence-corrected chi connectivity index (χ0v) is 16.7. The van der Waals surface area contributed by atoms with Crippen LogP contribution in [0.15, 0.2) is 42.6 Å². The number of hydrogen-bond acceptors (Lipinski definition) is 2. The fourth-order valence-electron chi connectivity index (χ4n) is 4.32. The van der Waals surface area contributed by atoms with Gasteiger partial charge in [0.25, 0.3) is 0 Å². The van der Waals surface area contributed by atoms with Crippen molar-refractivity contribution < 1.29 is 9.59 Å². The third kappa shape index (κ3) is 4.09. The second-order valence-electron chi connectivity index (χ2n) is 7.77. The van der Waals surface area contributed by atoms with E-state index < -0.39 is 6.04 Å². The van der Waals surface area contributed by atoms with Gasteiger partial charge in [-0.25, -0.2) is 0 Å². The number of nitrogens with zero attached hydrogens (tertiary/aromatic N) is 2. The number of halogens is 1. The van der Waals surface area contributed by atoms with E-state index in [0.29, 0.717) is 18.0 Å². The van der Waals surface area contributed by atoms with E-state index in [4.69, 9.17) is 11.6 Å². The lowest BCUT2D eigenvalue weighted by Crippen LogP contribution is -2.51. The first-order valence-electron chi connectivity index (χ1n) is 10.1. The molecule has 1 aromatic heterocycles. The normalized spacial score (nSPS) is 20.1. The molecule has 2 amide bonds. The molecule has 1 fully saturated rings. The average Bonchev–Trinajstić information content (AvgIpc) is 3.15. The first kappa shape index (κ1) is 19.1. The standard InChI is InChI=1S/C22H26ClN3O2/c23-17-10-8-16(9-11-17)12-14-26-20(27)15-25-13-4-7-19(25)21(26)22(28)24-18-5-2-1-3-6-18/h4,7-11,13,18,21H,1-3,5-6,12,14-15H2,(H,24,28). The van der Waals surface area contributed by atoms with E-state index in [-0.39, 0.29) is 24.4 Å². The summed E-state index contributed by atoms with van der Waals surface area (Å²) >= 11 is 5.96. The molecule has 0 radical (unpaired) electrons. The molecule has 4 rings (SSSR count). The van der Waals surface area contributed by atoms with Crippen molar-refractivity contribution in [1.29, 1.82) is 0 Å². The van der Waals surface area contributed by atoms with Crippen molar-refractivity contribution >= 4 is 23.4 Å². The molecule has 1 atom stereocenters. The summed E-state index contributed by atoms with van der Waals surface area (Å²) in [5.41, 5.74) is 1.99. The van der Waals surface area contributed by atoms with Crippen molar-refractivity contribution in [2.45, 2.75) is 57.2 Å². The van der Waals surface area contributed by atoms with Crippen molar-refractivity contribution in [3.63, 3.8) is 0 Å². The molecule has 0 saturated heterocycles. The Kier molecular flexibility index (Phi) is 5.72. The van der Waals surface area contributed by atoms with Crippen LogP contribution in [0.5, 0.6) is 0 Å². The number of benzene rings is 1. The van der Waals surface area contributed by atoms with Crippen LogP contribution >= 0.6 is 11.6 Å². The topological polar surface area (TPSA) is 54.3 Å².